The second-order valence-electron chi connectivity index (χ2n) is 4.72. The molecule has 0 aliphatic rings. The van der Waals surface area contributed by atoms with E-state index in [0.29, 0.717) is 0 Å². The molecule has 0 nitrogen and oxygen atoms in total. The van der Waals surface area contributed by atoms with Crippen LogP contribution in [0.3, 0.4) is 0 Å². The molecule has 1 rings (SSSR count). The Labute approximate surface area is 123 Å². The van der Waals surface area contributed by atoms with Gasteiger partial charge in [-0.2, -0.15) is 0 Å². The zero-order valence-electron chi connectivity index (χ0n) is 11.4. The molecular formula is C15H23Cl2P. The predicted molar refractivity (Wildman–Crippen MR) is 86.6 cm³/mol. The third-order valence-electron chi connectivity index (χ3n) is 3.06. The van der Waals surface area contributed by atoms with Gasteiger partial charge in [-0.25, -0.2) is 0 Å². The number of halogens is 2. The molecule has 0 spiro atoms. The summed E-state index contributed by atoms with van der Waals surface area (Å²) < 4.78 is 0. The lowest BCUT2D eigenvalue weighted by Gasteiger charge is -2.18. The van der Waals surface area contributed by atoms with Crippen molar-refractivity contribution >= 4 is 31.1 Å². The summed E-state index contributed by atoms with van der Waals surface area (Å²) >= 11 is 12.2. The Hall–Kier alpha value is 0.230. The van der Waals surface area contributed by atoms with Crippen molar-refractivity contribution < 1.29 is 0 Å². The maximum atomic E-state index is 6.27. The van der Waals surface area contributed by atoms with Gasteiger partial charge >= 0.3 is 0 Å². The van der Waals surface area contributed by atoms with Gasteiger partial charge in [0.15, 0.2) is 0 Å². The summed E-state index contributed by atoms with van der Waals surface area (Å²) in [7, 11) is 0.0979. The molecular weight excluding hydrogens is 282 g/mol. The van der Waals surface area contributed by atoms with Gasteiger partial charge in [-0.1, -0.05) is 56.0 Å². The minimum Gasteiger partial charge on any atom is -0.102 e. The number of benzene rings is 1. The number of hydrogen-bond acceptors (Lipinski definition) is 0. The highest BCUT2D eigenvalue weighted by atomic mass is 35.5. The van der Waals surface area contributed by atoms with Gasteiger partial charge in [-0.05, 0) is 49.0 Å². The first kappa shape index (κ1) is 16.3. The van der Waals surface area contributed by atoms with E-state index in [0.717, 1.165) is 16.2 Å². The Morgan fingerprint density at radius 1 is 1.00 bits per heavy atom. The Morgan fingerprint density at radius 3 is 2.11 bits per heavy atom. The van der Waals surface area contributed by atoms with Gasteiger partial charge in [0.25, 0.3) is 0 Å². The second kappa shape index (κ2) is 9.18. The molecule has 0 saturated carbocycles. The van der Waals surface area contributed by atoms with E-state index in [1.54, 1.807) is 0 Å². The van der Waals surface area contributed by atoms with E-state index in [-0.39, 0.29) is 7.92 Å². The molecule has 0 bridgehead atoms. The van der Waals surface area contributed by atoms with E-state index in [9.17, 15) is 0 Å². The van der Waals surface area contributed by atoms with Crippen LogP contribution in [0, 0.1) is 0 Å². The summed E-state index contributed by atoms with van der Waals surface area (Å²) in [5.41, 5.74) is 1.28. The first-order chi connectivity index (χ1) is 8.67. The van der Waals surface area contributed by atoms with Gasteiger partial charge < -0.3 is 0 Å². The molecule has 0 unspecified atom stereocenters. The summed E-state index contributed by atoms with van der Waals surface area (Å²) in [6.45, 7) is 4.53. The average molecular weight is 305 g/mol. The predicted octanol–water partition coefficient (Wildman–Crippen LogP) is 6.58. The van der Waals surface area contributed by atoms with Gasteiger partial charge in [0, 0.05) is 10.0 Å². The smallest absolute Gasteiger partial charge is 0.0456 e. The first-order valence-electron chi connectivity index (χ1n) is 6.83. The molecule has 0 heterocycles. The highest BCUT2D eigenvalue weighted by molar-refractivity contribution is 7.56. The van der Waals surface area contributed by atoms with Crippen molar-refractivity contribution in [1.29, 1.82) is 0 Å². The number of hydrogen-bond donors (Lipinski definition) is 0. The summed E-state index contributed by atoms with van der Waals surface area (Å²) in [5.74, 6) is 0. The Kier molecular flexibility index (Phi) is 8.31. The van der Waals surface area contributed by atoms with Crippen LogP contribution in [0.5, 0.6) is 0 Å². The minimum atomic E-state index is 0.0979. The normalized spacial score (nSPS) is 11.2. The van der Waals surface area contributed by atoms with Crippen molar-refractivity contribution in [2.75, 3.05) is 12.3 Å². The van der Waals surface area contributed by atoms with Crippen molar-refractivity contribution in [3.05, 3.63) is 33.8 Å². The topological polar surface area (TPSA) is 0 Å². The summed E-state index contributed by atoms with van der Waals surface area (Å²) in [6, 6.07) is 5.92. The van der Waals surface area contributed by atoms with Gasteiger partial charge in [-0.15, -0.1) is 7.92 Å². The maximum Gasteiger partial charge on any atom is 0.0456 e. The SMILES string of the molecule is CCCCP(CCCC)Cc1ccc(Cl)cc1Cl. The summed E-state index contributed by atoms with van der Waals surface area (Å²) in [4.78, 5) is 0. The van der Waals surface area contributed by atoms with Crippen LogP contribution in [-0.4, -0.2) is 12.3 Å². The van der Waals surface area contributed by atoms with Crippen LogP contribution >= 0.6 is 31.1 Å². The molecule has 0 aliphatic heterocycles. The molecule has 18 heavy (non-hydrogen) atoms. The fraction of sp³-hybridized carbons (Fsp3) is 0.600. The lowest BCUT2D eigenvalue weighted by Crippen LogP contribution is -1.95. The highest BCUT2D eigenvalue weighted by Crippen LogP contribution is 2.43. The summed E-state index contributed by atoms with van der Waals surface area (Å²) in [6.07, 6.45) is 9.20. The van der Waals surface area contributed by atoms with Gasteiger partial charge in [0.2, 0.25) is 0 Å². The Bertz CT molecular complexity index is 344. The Morgan fingerprint density at radius 2 is 1.61 bits per heavy atom. The van der Waals surface area contributed by atoms with Crippen molar-refractivity contribution in [2.24, 2.45) is 0 Å². The van der Waals surface area contributed by atoms with Crippen LogP contribution < -0.4 is 0 Å². The van der Waals surface area contributed by atoms with E-state index in [2.05, 4.69) is 19.9 Å². The van der Waals surface area contributed by atoms with Crippen LogP contribution in [0.15, 0.2) is 18.2 Å². The molecule has 0 fully saturated rings. The first-order valence-corrected chi connectivity index (χ1v) is 9.49. The van der Waals surface area contributed by atoms with E-state index >= 15 is 0 Å². The molecule has 0 atom stereocenters. The fourth-order valence-corrected chi connectivity index (χ4v) is 5.32. The standard InChI is InChI=1S/C15H23Cl2P/c1-3-5-9-18(10-6-4-2)12-13-7-8-14(16)11-15(13)17/h7-8,11H,3-6,9-10,12H2,1-2H3. The lowest BCUT2D eigenvalue weighted by atomic mass is 10.2. The molecule has 1 aromatic carbocycles. The molecule has 0 amide bonds. The van der Waals surface area contributed by atoms with Crippen molar-refractivity contribution in [3.63, 3.8) is 0 Å². The van der Waals surface area contributed by atoms with Crippen LogP contribution in [-0.2, 0) is 6.16 Å². The molecule has 3 heteroatoms. The van der Waals surface area contributed by atoms with Crippen molar-refractivity contribution in [1.82, 2.24) is 0 Å². The van der Waals surface area contributed by atoms with Gasteiger partial charge in [-0.3, -0.25) is 0 Å². The molecule has 0 N–H and O–H groups in total. The maximum absolute atomic E-state index is 6.27. The molecule has 1 aromatic rings. The molecule has 0 aromatic heterocycles. The third-order valence-corrected chi connectivity index (χ3v) is 6.34. The minimum absolute atomic E-state index is 0.0979. The summed E-state index contributed by atoms with van der Waals surface area (Å²) in [5, 5.41) is 1.57. The van der Waals surface area contributed by atoms with E-state index in [4.69, 9.17) is 23.2 Å². The molecule has 0 radical (unpaired) electrons. The number of unbranched alkanes of at least 4 members (excludes halogenated alkanes) is 2. The zero-order valence-corrected chi connectivity index (χ0v) is 13.8. The van der Waals surface area contributed by atoms with Crippen LogP contribution in [0.25, 0.3) is 0 Å². The quantitative estimate of drug-likeness (QED) is 0.476. The van der Waals surface area contributed by atoms with Crippen molar-refractivity contribution in [2.45, 2.75) is 45.7 Å². The van der Waals surface area contributed by atoms with Gasteiger partial charge in [0.05, 0.1) is 0 Å². The van der Waals surface area contributed by atoms with Crippen LogP contribution in [0.1, 0.15) is 45.1 Å². The third kappa shape index (κ3) is 5.91. The fourth-order valence-electron chi connectivity index (χ4n) is 1.92. The van der Waals surface area contributed by atoms with E-state index in [1.165, 1.54) is 43.6 Å². The molecule has 0 aliphatic carbocycles. The monoisotopic (exact) mass is 304 g/mol. The average Bonchev–Trinajstić information content (AvgIpc) is 2.35. The van der Waals surface area contributed by atoms with Gasteiger partial charge in [0.1, 0.15) is 0 Å². The molecule has 102 valence electrons. The number of rotatable bonds is 8. The highest BCUT2D eigenvalue weighted by Gasteiger charge is 2.10. The molecule has 0 saturated heterocycles. The van der Waals surface area contributed by atoms with E-state index in [1.807, 2.05) is 12.1 Å². The Balaban J connectivity index is 2.62. The van der Waals surface area contributed by atoms with Crippen LogP contribution in [0.4, 0.5) is 0 Å². The van der Waals surface area contributed by atoms with Crippen molar-refractivity contribution in [3.8, 4) is 0 Å². The second-order valence-corrected chi connectivity index (χ2v) is 8.11. The van der Waals surface area contributed by atoms with Crippen LogP contribution in [0.2, 0.25) is 10.0 Å². The zero-order chi connectivity index (χ0) is 13.4. The largest absolute Gasteiger partial charge is 0.102 e. The lowest BCUT2D eigenvalue weighted by molar-refractivity contribution is 0.865. The van der Waals surface area contributed by atoms with E-state index < -0.39 is 0 Å².